The topological polar surface area (TPSA) is 3.24 Å². The Bertz CT molecular complexity index is 1370. The van der Waals surface area contributed by atoms with E-state index in [4.69, 9.17) is 0 Å². The van der Waals surface area contributed by atoms with Gasteiger partial charge in [-0.05, 0) is 59.9 Å². The van der Waals surface area contributed by atoms with Crippen LogP contribution in [-0.4, -0.2) is 0 Å². The molecule has 1 atom stereocenters. The molecule has 0 saturated carbocycles. The Balaban J connectivity index is 1.53. The number of benzene rings is 3. The molecule has 0 radical (unpaired) electrons. The van der Waals surface area contributed by atoms with Crippen LogP contribution in [0.1, 0.15) is 31.1 Å². The van der Waals surface area contributed by atoms with Gasteiger partial charge in [0.1, 0.15) is 5.00 Å². The Morgan fingerprint density at radius 3 is 1.73 bits per heavy atom. The Labute approximate surface area is 203 Å². The van der Waals surface area contributed by atoms with Gasteiger partial charge in [0.15, 0.2) is 0 Å². The number of fused-ring (bicyclic) bond motifs is 5. The molecule has 2 aromatic heterocycles. The van der Waals surface area contributed by atoms with Gasteiger partial charge in [0.2, 0.25) is 0 Å². The summed E-state index contributed by atoms with van der Waals surface area (Å²) in [5, 5.41) is 1.25. The zero-order chi connectivity index (χ0) is 22.4. The van der Waals surface area contributed by atoms with E-state index in [0.717, 1.165) is 0 Å². The first kappa shape index (κ1) is 20.5. The second-order valence-corrected chi connectivity index (χ2v) is 10.7. The fourth-order valence-corrected chi connectivity index (χ4v) is 6.91. The Morgan fingerprint density at radius 2 is 1.12 bits per heavy atom. The monoisotopic (exact) mass is 463 g/mol. The summed E-state index contributed by atoms with van der Waals surface area (Å²) in [5.74, 6) is 0.617. The van der Waals surface area contributed by atoms with Crippen molar-refractivity contribution in [2.24, 2.45) is 0 Å². The Hall–Kier alpha value is -3.14. The minimum absolute atomic E-state index is 0.617. The first-order valence-electron chi connectivity index (χ1n) is 11.5. The van der Waals surface area contributed by atoms with Crippen molar-refractivity contribution in [3.63, 3.8) is 0 Å². The van der Waals surface area contributed by atoms with Crippen molar-refractivity contribution in [3.05, 3.63) is 102 Å². The summed E-state index contributed by atoms with van der Waals surface area (Å²) in [4.78, 5) is 6.62. The smallest absolute Gasteiger partial charge is 0.101 e. The van der Waals surface area contributed by atoms with Gasteiger partial charge in [-0.3, -0.25) is 0 Å². The lowest BCUT2D eigenvalue weighted by Crippen LogP contribution is -2.09. The molecular weight excluding hydrogens is 438 g/mol. The number of nitrogens with zero attached hydrogens (tertiary/aromatic N) is 1. The molecule has 162 valence electrons. The predicted octanol–water partition coefficient (Wildman–Crippen LogP) is 10.1. The van der Waals surface area contributed by atoms with Crippen molar-refractivity contribution < 1.29 is 0 Å². The van der Waals surface area contributed by atoms with Crippen LogP contribution in [0.25, 0.3) is 32.0 Å². The average molecular weight is 464 g/mol. The molecule has 0 bridgehead atoms. The SMILES string of the molecule is CCC(C)c1ccc(-c2ccc(N3c4ccccc4-c4ccccc4-c4ccccc43)s2)s1. The summed E-state index contributed by atoms with van der Waals surface area (Å²) in [6.07, 6.45) is 1.18. The van der Waals surface area contributed by atoms with Crippen LogP contribution in [0.5, 0.6) is 0 Å². The minimum Gasteiger partial charge on any atom is -0.301 e. The number of thiophene rings is 2. The number of anilines is 3. The summed E-state index contributed by atoms with van der Waals surface area (Å²) in [6, 6.07) is 35.5. The summed E-state index contributed by atoms with van der Waals surface area (Å²) in [5.41, 5.74) is 7.58. The molecule has 1 nitrogen and oxygen atoms in total. The maximum absolute atomic E-state index is 2.45. The van der Waals surface area contributed by atoms with Crippen LogP contribution in [-0.2, 0) is 0 Å². The Kier molecular flexibility index (Phi) is 5.17. The third-order valence-corrected chi connectivity index (χ3v) is 9.16. The summed E-state index contributed by atoms with van der Waals surface area (Å²) in [7, 11) is 0. The van der Waals surface area contributed by atoms with E-state index in [1.807, 2.05) is 22.7 Å². The van der Waals surface area contributed by atoms with Crippen molar-refractivity contribution in [1.82, 2.24) is 0 Å². The van der Waals surface area contributed by atoms with Crippen molar-refractivity contribution in [2.75, 3.05) is 4.90 Å². The molecule has 1 aliphatic rings. The van der Waals surface area contributed by atoms with Crippen LogP contribution < -0.4 is 4.90 Å². The molecule has 0 fully saturated rings. The van der Waals surface area contributed by atoms with Crippen molar-refractivity contribution in [2.45, 2.75) is 26.2 Å². The van der Waals surface area contributed by atoms with Gasteiger partial charge in [-0.2, -0.15) is 0 Å². The van der Waals surface area contributed by atoms with Gasteiger partial charge < -0.3 is 4.90 Å². The first-order valence-corrected chi connectivity index (χ1v) is 13.2. The van der Waals surface area contributed by atoms with Crippen LogP contribution >= 0.6 is 22.7 Å². The second kappa shape index (κ2) is 8.33. The standard InChI is InChI=1S/C30H25NS2/c1-3-20(2)27-16-17-28(32-27)29-18-19-30(33-29)31-25-14-8-6-12-23(25)21-10-4-5-11-22(21)24-13-7-9-15-26(24)31/h4-20H,3H2,1-2H3. The maximum atomic E-state index is 2.45. The Morgan fingerprint density at radius 1 is 0.606 bits per heavy atom. The molecule has 0 amide bonds. The zero-order valence-corrected chi connectivity index (χ0v) is 20.4. The van der Waals surface area contributed by atoms with Crippen LogP contribution in [0.15, 0.2) is 97.1 Å². The van der Waals surface area contributed by atoms with Gasteiger partial charge in [-0.1, -0.05) is 74.5 Å². The molecule has 0 saturated heterocycles. The van der Waals surface area contributed by atoms with Gasteiger partial charge >= 0.3 is 0 Å². The molecule has 3 heterocycles. The molecule has 1 aliphatic heterocycles. The summed E-state index contributed by atoms with van der Waals surface area (Å²) in [6.45, 7) is 4.58. The number of hydrogen-bond acceptors (Lipinski definition) is 3. The average Bonchev–Trinajstić information content (AvgIpc) is 3.53. The van der Waals surface area contributed by atoms with E-state index in [-0.39, 0.29) is 0 Å². The fraction of sp³-hybridized carbons (Fsp3) is 0.133. The molecule has 6 rings (SSSR count). The van der Waals surface area contributed by atoms with Crippen LogP contribution in [0.2, 0.25) is 0 Å². The third-order valence-electron chi connectivity index (χ3n) is 6.58. The summed E-state index contributed by atoms with van der Waals surface area (Å²) >= 11 is 3.81. The largest absolute Gasteiger partial charge is 0.301 e. The van der Waals surface area contributed by atoms with Crippen LogP contribution in [0.3, 0.4) is 0 Å². The maximum Gasteiger partial charge on any atom is 0.101 e. The van der Waals surface area contributed by atoms with E-state index >= 15 is 0 Å². The third kappa shape index (κ3) is 3.43. The lowest BCUT2D eigenvalue weighted by molar-refractivity contribution is 0.748. The molecule has 0 aliphatic carbocycles. The van der Waals surface area contributed by atoms with Gasteiger partial charge in [-0.15, -0.1) is 22.7 Å². The van der Waals surface area contributed by atoms with Crippen molar-refractivity contribution in [1.29, 1.82) is 0 Å². The van der Waals surface area contributed by atoms with Crippen LogP contribution in [0, 0.1) is 0 Å². The fourth-order valence-electron chi connectivity index (χ4n) is 4.64. The first-order chi connectivity index (χ1) is 16.2. The molecule has 33 heavy (non-hydrogen) atoms. The van der Waals surface area contributed by atoms with E-state index in [1.165, 1.54) is 59.7 Å². The highest BCUT2D eigenvalue weighted by Crippen LogP contribution is 2.52. The highest BCUT2D eigenvalue weighted by molar-refractivity contribution is 7.24. The normalized spacial score (nSPS) is 13.1. The lowest BCUT2D eigenvalue weighted by atomic mass is 9.95. The van der Waals surface area contributed by atoms with Gasteiger partial charge in [0, 0.05) is 25.8 Å². The predicted molar refractivity (Wildman–Crippen MR) is 145 cm³/mol. The number of rotatable bonds is 4. The quantitative estimate of drug-likeness (QED) is 0.251. The molecular formula is C30H25NS2. The number of hydrogen-bond donors (Lipinski definition) is 0. The molecule has 1 unspecified atom stereocenters. The zero-order valence-electron chi connectivity index (χ0n) is 18.8. The van der Waals surface area contributed by atoms with Crippen molar-refractivity contribution >= 4 is 39.0 Å². The van der Waals surface area contributed by atoms with Gasteiger partial charge in [0.25, 0.3) is 0 Å². The highest BCUT2D eigenvalue weighted by Gasteiger charge is 2.26. The minimum atomic E-state index is 0.617. The molecule has 3 heteroatoms. The molecule has 0 N–H and O–H groups in total. The lowest BCUT2D eigenvalue weighted by Gasteiger charge is -2.25. The van der Waals surface area contributed by atoms with E-state index in [2.05, 4.69) is 116 Å². The highest BCUT2D eigenvalue weighted by atomic mass is 32.1. The summed E-state index contributed by atoms with van der Waals surface area (Å²) < 4.78 is 0. The molecule has 5 aromatic rings. The van der Waals surface area contributed by atoms with Crippen molar-refractivity contribution in [3.8, 4) is 32.0 Å². The van der Waals surface area contributed by atoms with E-state index < -0.39 is 0 Å². The van der Waals surface area contributed by atoms with Gasteiger partial charge in [-0.25, -0.2) is 0 Å². The van der Waals surface area contributed by atoms with Gasteiger partial charge in [0.05, 0.1) is 11.4 Å². The molecule has 3 aromatic carbocycles. The van der Waals surface area contributed by atoms with E-state index in [1.54, 1.807) is 0 Å². The second-order valence-electron chi connectivity index (χ2n) is 8.56. The van der Waals surface area contributed by atoms with E-state index in [0.29, 0.717) is 5.92 Å². The van der Waals surface area contributed by atoms with Crippen LogP contribution in [0.4, 0.5) is 16.4 Å². The molecule has 0 spiro atoms. The number of para-hydroxylation sites is 2. The van der Waals surface area contributed by atoms with E-state index in [9.17, 15) is 0 Å².